The van der Waals surface area contributed by atoms with Crippen LogP contribution in [0.25, 0.3) is 33.7 Å². The van der Waals surface area contributed by atoms with Gasteiger partial charge >= 0.3 is 0 Å². The SMILES string of the molecule is Nc1nccc(-c2c(-c3ccc(F)cc3)nc3n2C(COc2cnc4ccccc4n2)CC3)n1. The standard InChI is InChI=1S/C25H20FN7O/c26-16-7-5-15(6-8-16)23-24(20-11-12-28-25(27)31-20)33-17(9-10-21(33)32-23)14-34-22-13-29-18-3-1-2-4-19(18)30-22/h1-8,11-13,17H,9-10,14H2,(H2,27,28,31). The summed E-state index contributed by atoms with van der Waals surface area (Å²) in [5, 5.41) is 0. The van der Waals surface area contributed by atoms with Crippen molar-refractivity contribution in [3.63, 3.8) is 0 Å². The molecule has 0 spiro atoms. The molecule has 9 heteroatoms. The first kappa shape index (κ1) is 20.2. The summed E-state index contributed by atoms with van der Waals surface area (Å²) in [7, 11) is 0. The molecule has 8 nitrogen and oxygen atoms in total. The molecule has 0 aliphatic carbocycles. The number of halogens is 1. The minimum atomic E-state index is -0.300. The van der Waals surface area contributed by atoms with E-state index in [1.54, 1.807) is 30.6 Å². The molecule has 168 valence electrons. The van der Waals surface area contributed by atoms with Crippen molar-refractivity contribution in [2.75, 3.05) is 12.3 Å². The molecule has 0 fully saturated rings. The summed E-state index contributed by atoms with van der Waals surface area (Å²) >= 11 is 0. The molecular weight excluding hydrogens is 433 g/mol. The van der Waals surface area contributed by atoms with Crippen molar-refractivity contribution in [2.45, 2.75) is 18.9 Å². The Hall–Kier alpha value is -4.40. The molecule has 2 N–H and O–H groups in total. The van der Waals surface area contributed by atoms with E-state index in [-0.39, 0.29) is 17.8 Å². The number of nitrogen functional groups attached to an aromatic ring is 1. The smallest absolute Gasteiger partial charge is 0.232 e. The topological polar surface area (TPSA) is 105 Å². The third-order valence-corrected chi connectivity index (χ3v) is 5.94. The number of anilines is 1. The maximum atomic E-state index is 13.6. The number of nitrogens with two attached hydrogens (primary N) is 1. The molecule has 1 aliphatic rings. The summed E-state index contributed by atoms with van der Waals surface area (Å²) < 4.78 is 21.8. The Balaban J connectivity index is 1.38. The van der Waals surface area contributed by atoms with Crippen molar-refractivity contribution in [3.05, 3.63) is 78.6 Å². The van der Waals surface area contributed by atoms with Crippen molar-refractivity contribution in [3.8, 4) is 28.5 Å². The van der Waals surface area contributed by atoms with Gasteiger partial charge in [0.05, 0.1) is 40.4 Å². The van der Waals surface area contributed by atoms with Crippen LogP contribution in [-0.2, 0) is 6.42 Å². The largest absolute Gasteiger partial charge is 0.474 e. The van der Waals surface area contributed by atoms with E-state index < -0.39 is 0 Å². The van der Waals surface area contributed by atoms with Crippen molar-refractivity contribution in [1.82, 2.24) is 29.5 Å². The Bertz CT molecular complexity index is 1500. The zero-order chi connectivity index (χ0) is 23.1. The number of rotatable bonds is 5. The highest BCUT2D eigenvalue weighted by atomic mass is 19.1. The van der Waals surface area contributed by atoms with Gasteiger partial charge in [0, 0.05) is 18.2 Å². The lowest BCUT2D eigenvalue weighted by Crippen LogP contribution is -2.16. The van der Waals surface area contributed by atoms with Crippen molar-refractivity contribution in [2.24, 2.45) is 0 Å². The van der Waals surface area contributed by atoms with Gasteiger partial charge in [-0.2, -0.15) is 0 Å². The number of para-hydroxylation sites is 2. The second-order valence-corrected chi connectivity index (χ2v) is 8.10. The number of hydrogen-bond acceptors (Lipinski definition) is 7. The second kappa shape index (κ2) is 8.18. The lowest BCUT2D eigenvalue weighted by Gasteiger charge is -2.18. The zero-order valence-electron chi connectivity index (χ0n) is 18.1. The molecule has 0 saturated carbocycles. The Morgan fingerprint density at radius 2 is 1.79 bits per heavy atom. The van der Waals surface area contributed by atoms with Gasteiger partial charge in [-0.3, -0.25) is 0 Å². The molecule has 1 aliphatic heterocycles. The maximum Gasteiger partial charge on any atom is 0.232 e. The van der Waals surface area contributed by atoms with Gasteiger partial charge in [-0.25, -0.2) is 29.3 Å². The first-order chi connectivity index (χ1) is 16.7. The molecule has 0 saturated heterocycles. The Kier molecular flexibility index (Phi) is 4.87. The Morgan fingerprint density at radius 3 is 2.62 bits per heavy atom. The first-order valence-electron chi connectivity index (χ1n) is 11.0. The summed E-state index contributed by atoms with van der Waals surface area (Å²) in [6.07, 6.45) is 4.91. The van der Waals surface area contributed by atoms with E-state index in [2.05, 4.69) is 24.5 Å². The van der Waals surface area contributed by atoms with Crippen LogP contribution in [0.3, 0.4) is 0 Å². The van der Waals surface area contributed by atoms with Crippen LogP contribution in [0.5, 0.6) is 5.88 Å². The summed E-state index contributed by atoms with van der Waals surface area (Å²) in [5.74, 6) is 1.27. The lowest BCUT2D eigenvalue weighted by atomic mass is 10.1. The molecule has 4 heterocycles. The minimum absolute atomic E-state index is 0.0103. The number of aryl methyl sites for hydroxylation is 1. The average Bonchev–Trinajstić information content (AvgIpc) is 3.42. The lowest BCUT2D eigenvalue weighted by molar-refractivity contribution is 0.247. The van der Waals surface area contributed by atoms with E-state index in [9.17, 15) is 4.39 Å². The molecular formula is C25H20FN7O. The van der Waals surface area contributed by atoms with Crippen LogP contribution in [-0.4, -0.2) is 36.1 Å². The molecule has 2 aromatic carbocycles. The molecule has 3 aromatic heterocycles. The predicted octanol–water partition coefficient (Wildman–Crippen LogP) is 4.24. The average molecular weight is 453 g/mol. The van der Waals surface area contributed by atoms with E-state index in [4.69, 9.17) is 15.5 Å². The molecule has 1 unspecified atom stereocenters. The van der Waals surface area contributed by atoms with Gasteiger partial charge < -0.3 is 15.0 Å². The fourth-order valence-corrected chi connectivity index (χ4v) is 4.38. The summed E-state index contributed by atoms with van der Waals surface area (Å²) in [5.41, 5.74) is 10.5. The first-order valence-corrected chi connectivity index (χ1v) is 11.0. The zero-order valence-corrected chi connectivity index (χ0v) is 18.1. The fourth-order valence-electron chi connectivity index (χ4n) is 4.38. The van der Waals surface area contributed by atoms with E-state index in [1.807, 2.05) is 24.3 Å². The van der Waals surface area contributed by atoms with E-state index in [0.717, 1.165) is 46.7 Å². The van der Waals surface area contributed by atoms with Crippen molar-refractivity contribution < 1.29 is 9.13 Å². The normalized spacial score (nSPS) is 14.9. The van der Waals surface area contributed by atoms with Crippen molar-refractivity contribution >= 4 is 17.0 Å². The van der Waals surface area contributed by atoms with Gasteiger partial charge in [0.2, 0.25) is 11.8 Å². The molecule has 5 aromatic rings. The highest BCUT2D eigenvalue weighted by Gasteiger charge is 2.31. The van der Waals surface area contributed by atoms with Crippen molar-refractivity contribution in [1.29, 1.82) is 0 Å². The van der Waals surface area contributed by atoms with Crippen LogP contribution < -0.4 is 10.5 Å². The maximum absolute atomic E-state index is 13.6. The number of imidazole rings is 1. The number of ether oxygens (including phenoxy) is 1. The quantitative estimate of drug-likeness (QED) is 0.424. The summed E-state index contributed by atoms with van der Waals surface area (Å²) in [6, 6.07) is 15.8. The highest BCUT2D eigenvalue weighted by Crippen LogP contribution is 2.39. The van der Waals surface area contributed by atoms with Crippen LogP contribution in [0.1, 0.15) is 18.3 Å². The predicted molar refractivity (Wildman–Crippen MR) is 125 cm³/mol. The molecule has 34 heavy (non-hydrogen) atoms. The third-order valence-electron chi connectivity index (χ3n) is 5.94. The van der Waals surface area contributed by atoms with Crippen LogP contribution >= 0.6 is 0 Å². The van der Waals surface area contributed by atoms with Gasteiger partial charge in [0.25, 0.3) is 0 Å². The number of nitrogens with zero attached hydrogens (tertiary/aromatic N) is 6. The van der Waals surface area contributed by atoms with Crippen LogP contribution in [0.4, 0.5) is 10.3 Å². The number of fused-ring (bicyclic) bond motifs is 2. The second-order valence-electron chi connectivity index (χ2n) is 8.10. The van der Waals surface area contributed by atoms with Crippen LogP contribution in [0.15, 0.2) is 67.0 Å². The van der Waals surface area contributed by atoms with E-state index in [1.165, 1.54) is 12.1 Å². The van der Waals surface area contributed by atoms with Gasteiger partial charge in [0.15, 0.2) is 0 Å². The molecule has 6 rings (SSSR count). The molecule has 0 radical (unpaired) electrons. The Labute approximate surface area is 194 Å². The van der Waals surface area contributed by atoms with Crippen LogP contribution in [0.2, 0.25) is 0 Å². The third kappa shape index (κ3) is 3.61. The van der Waals surface area contributed by atoms with E-state index >= 15 is 0 Å². The summed E-state index contributed by atoms with van der Waals surface area (Å²) in [6.45, 7) is 0.396. The van der Waals surface area contributed by atoms with Gasteiger partial charge in [-0.05, 0) is 48.9 Å². The molecule has 0 amide bonds. The van der Waals surface area contributed by atoms with Gasteiger partial charge in [-0.15, -0.1) is 0 Å². The number of benzene rings is 2. The number of aromatic nitrogens is 6. The van der Waals surface area contributed by atoms with Crippen LogP contribution in [0, 0.1) is 5.82 Å². The number of hydrogen-bond donors (Lipinski definition) is 1. The van der Waals surface area contributed by atoms with Gasteiger partial charge in [0.1, 0.15) is 18.2 Å². The molecule has 1 atom stereocenters. The fraction of sp³-hybridized carbons (Fsp3) is 0.160. The van der Waals surface area contributed by atoms with E-state index in [0.29, 0.717) is 18.2 Å². The molecule has 0 bridgehead atoms. The van der Waals surface area contributed by atoms with Gasteiger partial charge in [-0.1, -0.05) is 12.1 Å². The highest BCUT2D eigenvalue weighted by molar-refractivity contribution is 5.78. The monoisotopic (exact) mass is 453 g/mol. The Morgan fingerprint density at radius 1 is 0.971 bits per heavy atom. The minimum Gasteiger partial charge on any atom is -0.474 e. The summed E-state index contributed by atoms with van der Waals surface area (Å²) in [4.78, 5) is 22.4.